The first-order chi connectivity index (χ1) is 16.9. The molecule has 3 aromatic rings. The molecule has 0 aromatic heterocycles. The summed E-state index contributed by atoms with van der Waals surface area (Å²) < 4.78 is 0. The van der Waals surface area contributed by atoms with Gasteiger partial charge in [-0.15, -0.1) is 5.11 Å². The molecule has 3 aromatic carbocycles. The number of nitriles is 2. The fourth-order valence-electron chi connectivity index (χ4n) is 3.64. The van der Waals surface area contributed by atoms with Gasteiger partial charge in [0.15, 0.2) is 0 Å². The molecule has 3 rings (SSSR count). The lowest BCUT2D eigenvalue weighted by molar-refractivity contribution is 0.473. The lowest BCUT2D eigenvalue weighted by atomic mass is 9.98. The van der Waals surface area contributed by atoms with Crippen LogP contribution in [0, 0.1) is 42.4 Å². The summed E-state index contributed by atoms with van der Waals surface area (Å²) >= 11 is 0. The van der Waals surface area contributed by atoms with Gasteiger partial charge in [-0.3, -0.25) is 0 Å². The molecule has 0 saturated carbocycles. The summed E-state index contributed by atoms with van der Waals surface area (Å²) in [6, 6.07) is 19.8. The monoisotopic (exact) mass is 460 g/mol. The first-order valence-electron chi connectivity index (χ1n) is 11.4. The van der Waals surface area contributed by atoms with Crippen molar-refractivity contribution < 1.29 is 5.11 Å². The van der Waals surface area contributed by atoms with Crippen LogP contribution in [0.2, 0.25) is 0 Å². The number of allylic oxidation sites excluding steroid dienone is 5. The van der Waals surface area contributed by atoms with Crippen LogP contribution in [-0.4, -0.2) is 5.11 Å². The summed E-state index contributed by atoms with van der Waals surface area (Å²) in [5.74, 6) is 0.0374. The minimum atomic E-state index is -0.0887. The molecule has 0 aliphatic carbocycles. The first-order valence-corrected chi connectivity index (χ1v) is 11.4. The van der Waals surface area contributed by atoms with Crippen molar-refractivity contribution in [1.82, 2.24) is 0 Å². The molecule has 5 nitrogen and oxygen atoms in total. The number of fused-ring (bicyclic) bond motifs is 1. The van der Waals surface area contributed by atoms with E-state index in [1.807, 2.05) is 94.5 Å². The van der Waals surface area contributed by atoms with Crippen molar-refractivity contribution in [1.29, 1.82) is 10.5 Å². The molecule has 0 bridgehead atoms. The minimum Gasteiger partial charge on any atom is -0.505 e. The number of hydrogen-bond donors (Lipinski definition) is 1. The van der Waals surface area contributed by atoms with Gasteiger partial charge in [0.1, 0.15) is 11.4 Å². The van der Waals surface area contributed by atoms with Crippen molar-refractivity contribution in [3.63, 3.8) is 0 Å². The molecular formula is C30H28N4O. The third-order valence-electron chi connectivity index (χ3n) is 5.79. The van der Waals surface area contributed by atoms with E-state index in [4.69, 9.17) is 5.26 Å². The van der Waals surface area contributed by atoms with E-state index in [1.165, 1.54) is 0 Å². The summed E-state index contributed by atoms with van der Waals surface area (Å²) in [6.45, 7) is 7.73. The Morgan fingerprint density at radius 2 is 1.80 bits per heavy atom. The maximum absolute atomic E-state index is 10.6. The standard InChI is InChI=1S/C30H28N4O/c1-5-23(14-15-31)8-7-21(3)26(19-32)18-24-9-11-27(12-10-24)33-34-29-28-13-6-20(2)16-25(28)17-22(4)30(29)35/h5-13,16-18,21,35H,14H2,1-4H3/b8-7-,23-5+,26-18-,34-33?. The Bertz CT molecular complexity index is 1430. The maximum atomic E-state index is 10.6. The molecule has 0 saturated heterocycles. The number of azo groups is 1. The first kappa shape index (κ1) is 25.1. The molecule has 5 heteroatoms. The van der Waals surface area contributed by atoms with E-state index in [9.17, 15) is 10.4 Å². The van der Waals surface area contributed by atoms with Crippen LogP contribution < -0.4 is 0 Å². The normalized spacial score (nSPS) is 13.3. The average molecular weight is 461 g/mol. The van der Waals surface area contributed by atoms with Crippen LogP contribution in [0.3, 0.4) is 0 Å². The van der Waals surface area contributed by atoms with Crippen LogP contribution in [0.1, 0.15) is 37.0 Å². The second-order valence-corrected chi connectivity index (χ2v) is 8.46. The zero-order valence-electron chi connectivity index (χ0n) is 20.4. The predicted octanol–water partition coefficient (Wildman–Crippen LogP) is 8.54. The van der Waals surface area contributed by atoms with Crippen molar-refractivity contribution in [2.75, 3.05) is 0 Å². The van der Waals surface area contributed by atoms with Crippen LogP contribution in [0.15, 0.2) is 88.1 Å². The number of rotatable bonds is 7. The zero-order chi connectivity index (χ0) is 25.4. The predicted molar refractivity (Wildman–Crippen MR) is 142 cm³/mol. The quantitative estimate of drug-likeness (QED) is 0.217. The van der Waals surface area contributed by atoms with E-state index in [0.29, 0.717) is 23.4 Å². The van der Waals surface area contributed by atoms with Crippen molar-refractivity contribution in [2.24, 2.45) is 16.1 Å². The van der Waals surface area contributed by atoms with Gasteiger partial charge in [0.05, 0.1) is 24.2 Å². The molecule has 0 fully saturated rings. The fourth-order valence-corrected chi connectivity index (χ4v) is 3.64. The molecule has 1 atom stereocenters. The topological polar surface area (TPSA) is 92.5 Å². The molecule has 0 aliphatic heterocycles. The van der Waals surface area contributed by atoms with Gasteiger partial charge in [-0.2, -0.15) is 15.6 Å². The highest BCUT2D eigenvalue weighted by atomic mass is 16.3. The lowest BCUT2D eigenvalue weighted by Crippen LogP contribution is -1.93. The van der Waals surface area contributed by atoms with Gasteiger partial charge in [-0.05, 0) is 67.1 Å². The largest absolute Gasteiger partial charge is 0.505 e. The smallest absolute Gasteiger partial charge is 0.146 e. The van der Waals surface area contributed by atoms with Gasteiger partial charge in [-0.25, -0.2) is 0 Å². The molecule has 0 amide bonds. The van der Waals surface area contributed by atoms with E-state index in [0.717, 1.165) is 33.0 Å². The Labute approximate surface area is 206 Å². The number of nitrogens with zero attached hydrogens (tertiary/aromatic N) is 4. The molecule has 0 spiro atoms. The summed E-state index contributed by atoms with van der Waals surface area (Å²) in [4.78, 5) is 0. The van der Waals surface area contributed by atoms with E-state index in [-0.39, 0.29) is 11.7 Å². The molecular weight excluding hydrogens is 432 g/mol. The zero-order valence-corrected chi connectivity index (χ0v) is 20.4. The summed E-state index contributed by atoms with van der Waals surface area (Å²) in [5, 5.41) is 39.6. The SMILES string of the molecule is C/C=C(\C=C/C(C)/C(C#N)=C\c1ccc(N=Nc2c(O)c(C)cc3cc(C)ccc23)cc1)CC#N. The number of aryl methyl sites for hydroxylation is 2. The highest BCUT2D eigenvalue weighted by molar-refractivity contribution is 5.96. The Morgan fingerprint density at radius 1 is 1.06 bits per heavy atom. The number of hydrogen-bond acceptors (Lipinski definition) is 5. The van der Waals surface area contributed by atoms with Crippen molar-refractivity contribution in [3.05, 3.63) is 94.6 Å². The number of benzene rings is 3. The van der Waals surface area contributed by atoms with Gasteiger partial charge in [0.2, 0.25) is 0 Å². The highest BCUT2D eigenvalue weighted by Crippen LogP contribution is 2.39. The Balaban J connectivity index is 1.83. The summed E-state index contributed by atoms with van der Waals surface area (Å²) in [6.07, 6.45) is 7.92. The Hall–Kier alpha value is -4.48. The lowest BCUT2D eigenvalue weighted by Gasteiger charge is -2.08. The van der Waals surface area contributed by atoms with E-state index >= 15 is 0 Å². The number of phenols is 1. The Kier molecular flexibility index (Phi) is 8.33. The van der Waals surface area contributed by atoms with Gasteiger partial charge < -0.3 is 5.11 Å². The van der Waals surface area contributed by atoms with Crippen molar-refractivity contribution >= 4 is 28.2 Å². The minimum absolute atomic E-state index is 0.0887. The van der Waals surface area contributed by atoms with E-state index in [1.54, 1.807) is 0 Å². The van der Waals surface area contributed by atoms with Crippen molar-refractivity contribution in [3.8, 4) is 17.9 Å². The van der Waals surface area contributed by atoms with Gasteiger partial charge in [0, 0.05) is 16.9 Å². The number of aromatic hydroxyl groups is 1. The molecule has 1 unspecified atom stereocenters. The van der Waals surface area contributed by atoms with Crippen LogP contribution in [0.4, 0.5) is 11.4 Å². The molecule has 1 N–H and O–H groups in total. The van der Waals surface area contributed by atoms with Gasteiger partial charge >= 0.3 is 0 Å². The van der Waals surface area contributed by atoms with Crippen LogP contribution in [-0.2, 0) is 0 Å². The fraction of sp³-hybridized carbons (Fsp3) is 0.200. The van der Waals surface area contributed by atoms with E-state index < -0.39 is 0 Å². The summed E-state index contributed by atoms with van der Waals surface area (Å²) in [7, 11) is 0. The summed E-state index contributed by atoms with van der Waals surface area (Å²) in [5.41, 5.74) is 5.41. The average Bonchev–Trinajstić information content (AvgIpc) is 2.86. The van der Waals surface area contributed by atoms with Crippen LogP contribution in [0.5, 0.6) is 5.75 Å². The third kappa shape index (κ3) is 6.31. The maximum Gasteiger partial charge on any atom is 0.146 e. The molecule has 0 heterocycles. The molecule has 174 valence electrons. The van der Waals surface area contributed by atoms with Gasteiger partial charge in [-0.1, -0.05) is 61.0 Å². The molecule has 35 heavy (non-hydrogen) atoms. The molecule has 0 aliphatic rings. The number of phenolic OH excluding ortho intramolecular Hbond substituents is 1. The second kappa shape index (κ2) is 11.6. The van der Waals surface area contributed by atoms with Crippen molar-refractivity contribution in [2.45, 2.75) is 34.1 Å². The Morgan fingerprint density at radius 3 is 2.46 bits per heavy atom. The molecule has 0 radical (unpaired) electrons. The highest BCUT2D eigenvalue weighted by Gasteiger charge is 2.10. The third-order valence-corrected chi connectivity index (χ3v) is 5.79. The van der Waals surface area contributed by atoms with Crippen LogP contribution >= 0.6 is 0 Å². The van der Waals surface area contributed by atoms with Crippen LogP contribution in [0.25, 0.3) is 16.8 Å². The van der Waals surface area contributed by atoms with E-state index in [2.05, 4.69) is 28.4 Å². The second-order valence-electron chi connectivity index (χ2n) is 8.46. The van der Waals surface area contributed by atoms with Gasteiger partial charge in [0.25, 0.3) is 0 Å².